The zero-order chi connectivity index (χ0) is 25.6. The van der Waals surface area contributed by atoms with Crippen molar-refractivity contribution in [3.8, 4) is 5.69 Å². The number of ketones is 1. The van der Waals surface area contributed by atoms with Crippen molar-refractivity contribution in [2.24, 2.45) is 5.92 Å². The van der Waals surface area contributed by atoms with Gasteiger partial charge in [-0.25, -0.2) is 18.4 Å². The van der Waals surface area contributed by atoms with Crippen molar-refractivity contribution in [1.29, 1.82) is 0 Å². The maximum absolute atomic E-state index is 15.0. The smallest absolute Gasteiger partial charge is 0.266 e. The number of anilines is 2. The van der Waals surface area contributed by atoms with Crippen LogP contribution in [0.2, 0.25) is 0 Å². The summed E-state index contributed by atoms with van der Waals surface area (Å²) < 4.78 is 32.7. The van der Waals surface area contributed by atoms with Gasteiger partial charge >= 0.3 is 0 Å². The van der Waals surface area contributed by atoms with Crippen molar-refractivity contribution in [3.05, 3.63) is 65.7 Å². The molecule has 0 radical (unpaired) electrons. The molecule has 2 aliphatic heterocycles. The number of aryl methyl sites for hydroxylation is 1. The van der Waals surface area contributed by atoms with Crippen molar-refractivity contribution >= 4 is 45.1 Å². The largest absolute Gasteiger partial charge is 0.382 e. The third-order valence-corrected chi connectivity index (χ3v) is 7.26. The lowest BCUT2D eigenvalue weighted by atomic mass is 9.87. The molecule has 7 rings (SSSR count). The number of aromatic nitrogens is 5. The number of rotatable bonds is 4. The van der Waals surface area contributed by atoms with Gasteiger partial charge in [0.2, 0.25) is 0 Å². The first-order chi connectivity index (χ1) is 17.7. The highest BCUT2D eigenvalue weighted by molar-refractivity contribution is 6.28. The maximum atomic E-state index is 15.0. The molecule has 11 heteroatoms. The zero-order valence-electron chi connectivity index (χ0n) is 19.7. The first-order valence-corrected chi connectivity index (χ1v) is 11.9. The second-order valence-electron chi connectivity index (χ2n) is 9.73. The summed E-state index contributed by atoms with van der Waals surface area (Å²) in [5.41, 5.74) is 10.1. The summed E-state index contributed by atoms with van der Waals surface area (Å²) in [4.78, 5) is 34.9. The van der Waals surface area contributed by atoms with E-state index >= 15 is 0 Å². The van der Waals surface area contributed by atoms with Crippen LogP contribution in [0.15, 0.2) is 48.7 Å². The van der Waals surface area contributed by atoms with E-state index in [0.717, 1.165) is 16.9 Å². The number of para-hydroxylation sites is 1. The molecule has 3 N–H and O–H groups in total. The van der Waals surface area contributed by atoms with Crippen LogP contribution in [0, 0.1) is 12.8 Å². The van der Waals surface area contributed by atoms with Crippen molar-refractivity contribution in [2.75, 3.05) is 23.7 Å². The number of nitrogens with zero attached hydrogens (tertiary/aromatic N) is 5. The van der Waals surface area contributed by atoms with E-state index in [9.17, 15) is 18.4 Å². The second-order valence-corrected chi connectivity index (χ2v) is 9.73. The lowest BCUT2D eigenvalue weighted by Gasteiger charge is -2.38. The quantitative estimate of drug-likeness (QED) is 0.354. The van der Waals surface area contributed by atoms with Crippen LogP contribution >= 0.6 is 0 Å². The number of carbonyl (C=O) groups is 2. The molecule has 3 aromatic heterocycles. The molecule has 0 spiro atoms. The highest BCUT2D eigenvalue weighted by Crippen LogP contribution is 2.41. The highest BCUT2D eigenvalue weighted by Gasteiger charge is 2.48. The number of piperidine rings is 1. The van der Waals surface area contributed by atoms with Gasteiger partial charge in [-0.05, 0) is 31.2 Å². The lowest BCUT2D eigenvalue weighted by Crippen LogP contribution is -2.50. The summed E-state index contributed by atoms with van der Waals surface area (Å²) in [5, 5.41) is 5.02. The molecule has 1 unspecified atom stereocenters. The molecule has 0 saturated carbocycles. The predicted molar refractivity (Wildman–Crippen MR) is 134 cm³/mol. The number of aromatic amines is 1. The molecule has 1 atom stereocenters. The molecular weight excluding hydrogens is 480 g/mol. The second kappa shape index (κ2) is 7.25. The molecule has 0 aliphatic carbocycles. The zero-order valence-corrected chi connectivity index (χ0v) is 19.7. The first-order valence-electron chi connectivity index (χ1n) is 11.9. The topological polar surface area (TPSA) is 115 Å². The Morgan fingerprint density at radius 3 is 2.84 bits per heavy atom. The van der Waals surface area contributed by atoms with E-state index in [2.05, 4.69) is 15.1 Å². The highest BCUT2D eigenvalue weighted by atomic mass is 19.3. The molecular formula is C26H21F2N7O2. The van der Waals surface area contributed by atoms with Crippen LogP contribution in [0.5, 0.6) is 0 Å². The van der Waals surface area contributed by atoms with Crippen LogP contribution in [-0.4, -0.2) is 55.0 Å². The van der Waals surface area contributed by atoms with Crippen molar-refractivity contribution < 1.29 is 18.4 Å². The number of H-pyrrole nitrogens is 1. The maximum Gasteiger partial charge on any atom is 0.266 e. The van der Waals surface area contributed by atoms with E-state index in [1.54, 1.807) is 30.3 Å². The van der Waals surface area contributed by atoms with Gasteiger partial charge in [0.15, 0.2) is 11.6 Å². The van der Waals surface area contributed by atoms with E-state index in [1.807, 2.05) is 19.1 Å². The number of alkyl halides is 2. The van der Waals surface area contributed by atoms with Gasteiger partial charge in [0, 0.05) is 24.3 Å². The van der Waals surface area contributed by atoms with Gasteiger partial charge in [-0.3, -0.25) is 14.2 Å². The van der Waals surface area contributed by atoms with Gasteiger partial charge < -0.3 is 15.6 Å². The summed E-state index contributed by atoms with van der Waals surface area (Å²) in [7, 11) is 0. The van der Waals surface area contributed by atoms with E-state index in [0.29, 0.717) is 27.8 Å². The number of fused-ring (bicyclic) bond motifs is 6. The number of nitrogens with two attached hydrogens (primary N) is 1. The first kappa shape index (κ1) is 21.7. The van der Waals surface area contributed by atoms with E-state index in [4.69, 9.17) is 5.73 Å². The fourth-order valence-electron chi connectivity index (χ4n) is 5.67. The van der Waals surface area contributed by atoms with Crippen molar-refractivity contribution in [1.82, 2.24) is 24.3 Å². The van der Waals surface area contributed by atoms with Crippen molar-refractivity contribution in [3.63, 3.8) is 0 Å². The SMILES string of the molecule is Cc1nc2ccc(-n3ncc(N4CC(C(=O)c5c6c7ccccc7n5C6=O)CC(F)(F)C4)c3N)cc2[nH]1. The average Bonchev–Trinajstić information content (AvgIpc) is 3.59. The van der Waals surface area contributed by atoms with Crippen molar-refractivity contribution in [2.45, 2.75) is 19.3 Å². The molecule has 5 aromatic rings. The lowest BCUT2D eigenvalue weighted by molar-refractivity contribution is -0.0258. The summed E-state index contributed by atoms with van der Waals surface area (Å²) in [6.45, 7) is 1.31. The van der Waals surface area contributed by atoms with E-state index in [-0.39, 0.29) is 24.0 Å². The Morgan fingerprint density at radius 2 is 2.03 bits per heavy atom. The van der Waals surface area contributed by atoms with E-state index in [1.165, 1.54) is 20.3 Å². The van der Waals surface area contributed by atoms with Crippen LogP contribution in [0.4, 0.5) is 20.3 Å². The Kier molecular flexibility index (Phi) is 4.25. The number of hydrogen-bond acceptors (Lipinski definition) is 6. The molecule has 1 fully saturated rings. The minimum absolute atomic E-state index is 0.0399. The normalized spacial score (nSPS) is 18.5. The molecule has 186 valence electrons. The molecule has 2 aromatic carbocycles. The van der Waals surface area contributed by atoms with Crippen LogP contribution in [0.3, 0.4) is 0 Å². The summed E-state index contributed by atoms with van der Waals surface area (Å²) in [6, 6.07) is 12.5. The monoisotopic (exact) mass is 501 g/mol. The number of carbonyl (C=O) groups excluding carboxylic acids is 2. The van der Waals surface area contributed by atoms with Crippen LogP contribution in [0.1, 0.15) is 33.1 Å². The Hall–Kier alpha value is -4.54. The fraction of sp³-hybridized carbons (Fsp3) is 0.231. The molecule has 2 aliphatic rings. The molecule has 9 nitrogen and oxygen atoms in total. The minimum Gasteiger partial charge on any atom is -0.382 e. The average molecular weight is 501 g/mol. The third-order valence-electron chi connectivity index (χ3n) is 7.26. The van der Waals surface area contributed by atoms with Crippen LogP contribution in [-0.2, 0) is 0 Å². The van der Waals surface area contributed by atoms with Gasteiger partial charge in [0.05, 0.1) is 40.5 Å². The Bertz CT molecular complexity index is 1740. The number of imidazole rings is 1. The van der Waals surface area contributed by atoms with Gasteiger partial charge in [-0.1, -0.05) is 18.2 Å². The Labute approximate surface area is 208 Å². The Morgan fingerprint density at radius 1 is 1.22 bits per heavy atom. The van der Waals surface area contributed by atoms with Gasteiger partial charge in [0.25, 0.3) is 11.8 Å². The van der Waals surface area contributed by atoms with Crippen LogP contribution < -0.4 is 10.6 Å². The molecule has 1 saturated heterocycles. The third kappa shape index (κ3) is 3.06. The summed E-state index contributed by atoms with van der Waals surface area (Å²) >= 11 is 0. The number of Topliss-reactive ketones (excluding diaryl/α,β-unsaturated/α-hetero) is 1. The van der Waals surface area contributed by atoms with E-state index < -0.39 is 30.6 Å². The number of benzene rings is 2. The number of halogens is 2. The van der Waals surface area contributed by atoms with Gasteiger partial charge in [-0.2, -0.15) is 5.10 Å². The predicted octanol–water partition coefficient (Wildman–Crippen LogP) is 3.94. The molecule has 2 bridgehead atoms. The molecule has 0 amide bonds. The summed E-state index contributed by atoms with van der Waals surface area (Å²) in [6.07, 6.45) is 0.847. The number of hydrogen-bond donors (Lipinski definition) is 2. The van der Waals surface area contributed by atoms with Crippen LogP contribution in [0.25, 0.3) is 27.6 Å². The number of nitrogens with one attached hydrogen (secondary N) is 1. The standard InChI is InChI=1S/C26H21F2N7O2/c1-13-31-17-7-6-15(8-18(17)32-13)35-24(29)20(10-30-35)33-11-14(9-26(27,28)12-33)23(36)22-21-16-4-2-3-5-19(16)34(22)25(21)37/h2-8,10,14H,9,11-12,29H2,1H3,(H,31,32). The molecule has 37 heavy (non-hydrogen) atoms. The van der Waals surface area contributed by atoms with Gasteiger partial charge in [-0.15, -0.1) is 0 Å². The number of nitrogen functional groups attached to an aromatic ring is 1. The Balaban J connectivity index is 1.22. The summed E-state index contributed by atoms with van der Waals surface area (Å²) in [5.74, 6) is -3.90. The minimum atomic E-state index is -3.13. The fourth-order valence-corrected chi connectivity index (χ4v) is 5.67. The molecule has 5 heterocycles. The van der Waals surface area contributed by atoms with Gasteiger partial charge in [0.1, 0.15) is 17.2 Å².